The molecule has 0 radical (unpaired) electrons. The van der Waals surface area contributed by atoms with E-state index in [2.05, 4.69) is 23.9 Å². The second-order valence-electron chi connectivity index (χ2n) is 5.35. The topological polar surface area (TPSA) is 26.7 Å². The number of piperidine rings is 1. The van der Waals surface area contributed by atoms with Crippen LogP contribution in [0.5, 0.6) is 0 Å². The van der Waals surface area contributed by atoms with Gasteiger partial charge in [0.25, 0.3) is 0 Å². The van der Waals surface area contributed by atoms with Crippen LogP contribution in [0.15, 0.2) is 0 Å². The summed E-state index contributed by atoms with van der Waals surface area (Å²) >= 11 is 0. The van der Waals surface area contributed by atoms with E-state index in [0.29, 0.717) is 6.04 Å². The van der Waals surface area contributed by atoms with Gasteiger partial charge in [-0.2, -0.15) is 0 Å². The molecule has 0 aromatic rings. The normalized spacial score (nSPS) is 28.0. The van der Waals surface area contributed by atoms with Gasteiger partial charge in [0.2, 0.25) is 0 Å². The number of likely N-dealkylation sites (tertiary alicyclic amines) is 1. The largest absolute Gasteiger partial charge is 0.389 e. The van der Waals surface area contributed by atoms with Crippen molar-refractivity contribution < 1.29 is 5.11 Å². The Hall–Kier alpha value is -0.120. The Morgan fingerprint density at radius 3 is 2.67 bits per heavy atom. The maximum absolute atomic E-state index is 10.0. The standard InChI is InChI=1S/C12H26N2O/c1-5-12(2,15)10-14-8-6-7-11(9-14)13(3)4/h11,15H,5-10H2,1-4H3. The van der Waals surface area contributed by atoms with Crippen molar-refractivity contribution in [3.8, 4) is 0 Å². The van der Waals surface area contributed by atoms with Gasteiger partial charge in [0.15, 0.2) is 0 Å². The highest BCUT2D eigenvalue weighted by atomic mass is 16.3. The molecule has 3 heteroatoms. The molecule has 15 heavy (non-hydrogen) atoms. The van der Waals surface area contributed by atoms with Crippen LogP contribution in [-0.2, 0) is 0 Å². The van der Waals surface area contributed by atoms with Gasteiger partial charge in [-0.1, -0.05) is 6.92 Å². The molecule has 1 saturated heterocycles. The molecule has 0 amide bonds. The fourth-order valence-corrected chi connectivity index (χ4v) is 2.19. The van der Waals surface area contributed by atoms with Crippen molar-refractivity contribution in [2.24, 2.45) is 0 Å². The van der Waals surface area contributed by atoms with E-state index >= 15 is 0 Å². The summed E-state index contributed by atoms with van der Waals surface area (Å²) in [6.45, 7) is 7.04. The zero-order chi connectivity index (χ0) is 11.5. The minimum atomic E-state index is -0.520. The Balaban J connectivity index is 2.43. The van der Waals surface area contributed by atoms with E-state index < -0.39 is 5.60 Å². The first-order chi connectivity index (χ1) is 6.94. The van der Waals surface area contributed by atoms with E-state index in [9.17, 15) is 5.11 Å². The van der Waals surface area contributed by atoms with Gasteiger partial charge >= 0.3 is 0 Å². The van der Waals surface area contributed by atoms with Crippen molar-refractivity contribution in [1.82, 2.24) is 9.80 Å². The highest BCUT2D eigenvalue weighted by Gasteiger charge is 2.27. The number of likely N-dealkylation sites (N-methyl/N-ethyl adjacent to an activating group) is 1. The molecule has 3 nitrogen and oxygen atoms in total. The van der Waals surface area contributed by atoms with Gasteiger partial charge in [0.1, 0.15) is 0 Å². The number of hydrogen-bond donors (Lipinski definition) is 1. The second kappa shape index (κ2) is 5.28. The third-order valence-electron chi connectivity index (χ3n) is 3.54. The zero-order valence-corrected chi connectivity index (χ0v) is 10.7. The van der Waals surface area contributed by atoms with Gasteiger partial charge in [-0.3, -0.25) is 4.90 Å². The van der Waals surface area contributed by atoms with Crippen LogP contribution in [0.3, 0.4) is 0 Å². The molecule has 0 saturated carbocycles. The van der Waals surface area contributed by atoms with Crippen molar-refractivity contribution >= 4 is 0 Å². The number of aliphatic hydroxyl groups is 1. The van der Waals surface area contributed by atoms with Gasteiger partial charge in [-0.25, -0.2) is 0 Å². The lowest BCUT2D eigenvalue weighted by Gasteiger charge is -2.39. The van der Waals surface area contributed by atoms with Crippen molar-refractivity contribution in [2.75, 3.05) is 33.7 Å². The SMILES string of the molecule is CCC(C)(O)CN1CCCC(N(C)C)C1. The average molecular weight is 214 g/mol. The summed E-state index contributed by atoms with van der Waals surface area (Å²) in [5.74, 6) is 0. The molecule has 0 bridgehead atoms. The fourth-order valence-electron chi connectivity index (χ4n) is 2.19. The van der Waals surface area contributed by atoms with Crippen LogP contribution in [0.2, 0.25) is 0 Å². The summed E-state index contributed by atoms with van der Waals surface area (Å²) in [6, 6.07) is 0.659. The maximum atomic E-state index is 10.0. The van der Waals surface area contributed by atoms with Gasteiger partial charge < -0.3 is 10.0 Å². The first-order valence-electron chi connectivity index (χ1n) is 6.06. The highest BCUT2D eigenvalue weighted by molar-refractivity contribution is 4.83. The Morgan fingerprint density at radius 1 is 1.47 bits per heavy atom. The van der Waals surface area contributed by atoms with Gasteiger partial charge in [-0.05, 0) is 46.8 Å². The first-order valence-corrected chi connectivity index (χ1v) is 6.06. The van der Waals surface area contributed by atoms with Gasteiger partial charge in [0, 0.05) is 19.1 Å². The Bertz CT molecular complexity index is 192. The van der Waals surface area contributed by atoms with Crippen LogP contribution in [0.4, 0.5) is 0 Å². The molecule has 0 aliphatic carbocycles. The third-order valence-corrected chi connectivity index (χ3v) is 3.54. The predicted molar refractivity (Wildman–Crippen MR) is 64.1 cm³/mol. The van der Waals surface area contributed by atoms with Gasteiger partial charge in [-0.15, -0.1) is 0 Å². The molecule has 0 aromatic carbocycles. The minimum absolute atomic E-state index is 0.520. The molecule has 1 aliphatic rings. The minimum Gasteiger partial charge on any atom is -0.389 e. The molecule has 1 fully saturated rings. The van der Waals surface area contributed by atoms with E-state index in [4.69, 9.17) is 0 Å². The van der Waals surface area contributed by atoms with Crippen molar-refractivity contribution in [3.05, 3.63) is 0 Å². The maximum Gasteiger partial charge on any atom is 0.0743 e. The molecule has 1 aliphatic heterocycles. The fraction of sp³-hybridized carbons (Fsp3) is 1.00. The summed E-state index contributed by atoms with van der Waals surface area (Å²) in [6.07, 6.45) is 3.37. The Morgan fingerprint density at radius 2 is 2.13 bits per heavy atom. The summed E-state index contributed by atoms with van der Waals surface area (Å²) in [7, 11) is 4.29. The van der Waals surface area contributed by atoms with Crippen LogP contribution in [-0.4, -0.2) is 60.3 Å². The van der Waals surface area contributed by atoms with Crippen molar-refractivity contribution in [2.45, 2.75) is 44.8 Å². The zero-order valence-electron chi connectivity index (χ0n) is 10.7. The quantitative estimate of drug-likeness (QED) is 0.761. The van der Waals surface area contributed by atoms with Crippen LogP contribution >= 0.6 is 0 Å². The third kappa shape index (κ3) is 4.09. The van der Waals surface area contributed by atoms with E-state index in [0.717, 1.165) is 26.1 Å². The molecule has 2 atom stereocenters. The molecular weight excluding hydrogens is 188 g/mol. The smallest absolute Gasteiger partial charge is 0.0743 e. The lowest BCUT2D eigenvalue weighted by molar-refractivity contribution is 0.000848. The summed E-state index contributed by atoms with van der Waals surface area (Å²) in [5.41, 5.74) is -0.520. The summed E-state index contributed by atoms with van der Waals surface area (Å²) in [5, 5.41) is 10.0. The molecule has 1 N–H and O–H groups in total. The molecule has 1 rings (SSSR count). The number of nitrogens with zero attached hydrogens (tertiary/aromatic N) is 2. The Kier molecular flexibility index (Phi) is 4.56. The van der Waals surface area contributed by atoms with Crippen molar-refractivity contribution in [1.29, 1.82) is 0 Å². The average Bonchev–Trinajstić information content (AvgIpc) is 2.17. The number of β-amino-alcohol motifs (C(OH)–C–C–N with tert-alkyl or cyclic N) is 1. The van der Waals surface area contributed by atoms with Gasteiger partial charge in [0.05, 0.1) is 5.60 Å². The van der Waals surface area contributed by atoms with E-state index in [1.807, 2.05) is 13.8 Å². The number of hydrogen-bond acceptors (Lipinski definition) is 3. The predicted octanol–water partition coefficient (Wildman–Crippen LogP) is 1.17. The van der Waals surface area contributed by atoms with E-state index in [-0.39, 0.29) is 0 Å². The lowest BCUT2D eigenvalue weighted by atomic mass is 9.99. The van der Waals surface area contributed by atoms with Crippen molar-refractivity contribution in [3.63, 3.8) is 0 Å². The molecule has 0 spiro atoms. The molecule has 1 heterocycles. The molecular formula is C12H26N2O. The van der Waals surface area contributed by atoms with Crippen LogP contribution in [0.25, 0.3) is 0 Å². The summed E-state index contributed by atoms with van der Waals surface area (Å²) < 4.78 is 0. The number of rotatable bonds is 4. The van der Waals surface area contributed by atoms with E-state index in [1.165, 1.54) is 12.8 Å². The van der Waals surface area contributed by atoms with Crippen LogP contribution in [0.1, 0.15) is 33.1 Å². The van der Waals surface area contributed by atoms with Crippen LogP contribution in [0, 0.1) is 0 Å². The first kappa shape index (κ1) is 12.9. The molecule has 0 aromatic heterocycles. The monoisotopic (exact) mass is 214 g/mol. The Labute approximate surface area is 94.1 Å². The molecule has 2 unspecified atom stereocenters. The second-order valence-corrected chi connectivity index (χ2v) is 5.35. The van der Waals surface area contributed by atoms with E-state index in [1.54, 1.807) is 0 Å². The highest BCUT2D eigenvalue weighted by Crippen LogP contribution is 2.18. The lowest BCUT2D eigenvalue weighted by Crippen LogP contribution is -2.50. The van der Waals surface area contributed by atoms with Crippen LogP contribution < -0.4 is 0 Å². The molecule has 90 valence electrons. The summed E-state index contributed by atoms with van der Waals surface area (Å²) in [4.78, 5) is 4.70.